The number of fused-ring (bicyclic) bond motifs is 1. The van der Waals surface area contributed by atoms with E-state index in [-0.39, 0.29) is 24.2 Å². The summed E-state index contributed by atoms with van der Waals surface area (Å²) in [6.45, 7) is 2.87. The lowest BCUT2D eigenvalue weighted by molar-refractivity contribution is -0.118. The molecular formula is C30H29N3O5. The molecule has 3 aromatic carbocycles. The molecule has 0 atom stereocenters. The summed E-state index contributed by atoms with van der Waals surface area (Å²) in [6.07, 6.45) is 1.66. The van der Waals surface area contributed by atoms with Crippen molar-refractivity contribution in [1.82, 2.24) is 10.2 Å². The highest BCUT2D eigenvalue weighted by Crippen LogP contribution is 2.42. The van der Waals surface area contributed by atoms with E-state index in [2.05, 4.69) is 10.6 Å². The molecule has 0 bridgehead atoms. The zero-order valence-electron chi connectivity index (χ0n) is 21.5. The number of rotatable bonds is 9. The molecule has 0 saturated carbocycles. The minimum absolute atomic E-state index is 0.0733. The van der Waals surface area contributed by atoms with Crippen LogP contribution in [0.3, 0.4) is 0 Å². The fourth-order valence-corrected chi connectivity index (χ4v) is 3.97. The number of anilines is 1. The van der Waals surface area contributed by atoms with Crippen molar-refractivity contribution in [1.29, 1.82) is 0 Å². The Morgan fingerprint density at radius 3 is 2.42 bits per heavy atom. The number of nitrogens with one attached hydrogen (secondary N) is 2. The van der Waals surface area contributed by atoms with Gasteiger partial charge in [-0.3, -0.25) is 9.59 Å². The van der Waals surface area contributed by atoms with E-state index in [1.54, 1.807) is 36.4 Å². The molecule has 8 heteroatoms. The lowest BCUT2D eigenvalue weighted by atomic mass is 9.93. The highest BCUT2D eigenvalue weighted by molar-refractivity contribution is 5.96. The topological polar surface area (TPSA) is 97.0 Å². The monoisotopic (exact) mass is 511 g/mol. The lowest BCUT2D eigenvalue weighted by Gasteiger charge is -2.22. The third-order valence-electron chi connectivity index (χ3n) is 5.95. The molecule has 0 aliphatic carbocycles. The van der Waals surface area contributed by atoms with Gasteiger partial charge in [0.05, 0.1) is 0 Å². The van der Waals surface area contributed by atoms with Crippen LogP contribution in [-0.4, -0.2) is 56.4 Å². The Labute approximate surface area is 221 Å². The van der Waals surface area contributed by atoms with Crippen molar-refractivity contribution in [3.63, 3.8) is 0 Å². The molecule has 0 saturated heterocycles. The molecule has 1 heterocycles. The average Bonchev–Trinajstić information content (AvgIpc) is 2.93. The molecule has 0 spiro atoms. The minimum Gasteiger partial charge on any atom is -0.483 e. The van der Waals surface area contributed by atoms with Crippen molar-refractivity contribution in [2.45, 2.75) is 6.92 Å². The Morgan fingerprint density at radius 1 is 1.00 bits per heavy atom. The molecule has 3 aromatic rings. The fraction of sp³-hybridized carbons (Fsp3) is 0.200. The third-order valence-corrected chi connectivity index (χ3v) is 5.95. The van der Waals surface area contributed by atoms with Gasteiger partial charge in [0, 0.05) is 41.5 Å². The van der Waals surface area contributed by atoms with Gasteiger partial charge < -0.3 is 25.0 Å². The van der Waals surface area contributed by atoms with Crippen LogP contribution in [-0.2, 0) is 9.59 Å². The van der Waals surface area contributed by atoms with Gasteiger partial charge in [0.25, 0.3) is 11.8 Å². The minimum atomic E-state index is -0.357. The van der Waals surface area contributed by atoms with Crippen LogP contribution in [0, 0.1) is 6.92 Å². The first-order valence-corrected chi connectivity index (χ1v) is 12.2. The summed E-state index contributed by atoms with van der Waals surface area (Å²) in [6, 6.07) is 20.0. The van der Waals surface area contributed by atoms with Crippen LogP contribution in [0.2, 0.25) is 0 Å². The Balaban J connectivity index is 1.39. The summed E-state index contributed by atoms with van der Waals surface area (Å²) in [7, 11) is 3.88. The zero-order chi connectivity index (χ0) is 27.1. The number of nitrogens with zero attached hydrogens (tertiary/aromatic N) is 1. The van der Waals surface area contributed by atoms with Crippen LogP contribution in [0.25, 0.3) is 5.57 Å². The molecule has 8 nitrogen and oxygen atoms in total. The second-order valence-electron chi connectivity index (χ2n) is 9.03. The number of amides is 2. The van der Waals surface area contributed by atoms with Crippen LogP contribution in [0.15, 0.2) is 78.6 Å². The van der Waals surface area contributed by atoms with E-state index in [1.165, 1.54) is 0 Å². The summed E-state index contributed by atoms with van der Waals surface area (Å²) in [5.41, 5.74) is 4.31. The first-order chi connectivity index (χ1) is 18.4. The van der Waals surface area contributed by atoms with Crippen molar-refractivity contribution >= 4 is 29.0 Å². The fourth-order valence-electron chi connectivity index (χ4n) is 3.97. The number of ether oxygens (including phenoxy) is 2. The Morgan fingerprint density at radius 2 is 1.74 bits per heavy atom. The second kappa shape index (κ2) is 12.1. The Bertz CT molecular complexity index is 1410. The van der Waals surface area contributed by atoms with Crippen molar-refractivity contribution < 1.29 is 23.9 Å². The van der Waals surface area contributed by atoms with Crippen LogP contribution in [0.5, 0.6) is 11.5 Å². The van der Waals surface area contributed by atoms with E-state index < -0.39 is 0 Å². The van der Waals surface area contributed by atoms with Crippen LogP contribution in [0.1, 0.15) is 27.0 Å². The van der Waals surface area contributed by atoms with Crippen molar-refractivity contribution in [2.75, 3.05) is 39.1 Å². The number of hydrogen-bond donors (Lipinski definition) is 2. The maximum atomic E-state index is 12.5. The molecule has 1 aliphatic rings. The quantitative estimate of drug-likeness (QED) is 0.424. The molecule has 2 amide bonds. The van der Waals surface area contributed by atoms with E-state index in [0.29, 0.717) is 34.9 Å². The van der Waals surface area contributed by atoms with Crippen molar-refractivity contribution in [2.24, 2.45) is 0 Å². The van der Waals surface area contributed by atoms with Gasteiger partial charge in [0.2, 0.25) is 5.76 Å². The molecule has 0 unspecified atom stereocenters. The van der Waals surface area contributed by atoms with Gasteiger partial charge in [-0.2, -0.15) is 0 Å². The second-order valence-corrected chi connectivity index (χ2v) is 9.03. The van der Waals surface area contributed by atoms with Gasteiger partial charge in [-0.1, -0.05) is 30.3 Å². The molecule has 1 aliphatic heterocycles. The van der Waals surface area contributed by atoms with E-state index in [1.807, 2.05) is 68.3 Å². The smallest absolute Gasteiger partial charge is 0.262 e. The number of hydrogen-bond acceptors (Lipinski definition) is 6. The van der Waals surface area contributed by atoms with E-state index in [9.17, 15) is 14.4 Å². The largest absolute Gasteiger partial charge is 0.483 e. The summed E-state index contributed by atoms with van der Waals surface area (Å²) < 4.78 is 11.6. The highest BCUT2D eigenvalue weighted by Gasteiger charge is 2.23. The molecule has 0 radical (unpaired) electrons. The van der Waals surface area contributed by atoms with E-state index in [4.69, 9.17) is 9.47 Å². The highest BCUT2D eigenvalue weighted by atomic mass is 16.5. The molecular weight excluding hydrogens is 482 g/mol. The standard InChI is InChI=1S/C30H29N3O5/c1-20-27(14-13-25-26(21-7-5-4-6-8-21)17-24(18-34)38-29(20)25)37-19-28(35)32-23-11-9-22(10-12-23)30(36)31-15-16-33(2)3/h4-14,17H,15-16,19H2,1-3H3,(H,31,36)(H,32,35). The number of likely N-dealkylation sites (N-methyl/N-ethyl adjacent to an activating group) is 1. The Kier molecular flexibility index (Phi) is 8.38. The lowest BCUT2D eigenvalue weighted by Crippen LogP contribution is -2.31. The van der Waals surface area contributed by atoms with Gasteiger partial charge in [-0.25, -0.2) is 4.79 Å². The van der Waals surface area contributed by atoms with Gasteiger partial charge >= 0.3 is 0 Å². The summed E-state index contributed by atoms with van der Waals surface area (Å²) in [5.74, 6) is 2.33. The van der Waals surface area contributed by atoms with Gasteiger partial charge in [-0.15, -0.1) is 0 Å². The number of benzene rings is 3. The molecule has 2 N–H and O–H groups in total. The summed E-state index contributed by atoms with van der Waals surface area (Å²) in [4.78, 5) is 38.2. The molecule has 0 aromatic heterocycles. The average molecular weight is 512 g/mol. The predicted molar refractivity (Wildman–Crippen MR) is 146 cm³/mol. The zero-order valence-corrected chi connectivity index (χ0v) is 21.5. The number of carbonyl (C=O) groups excluding carboxylic acids is 3. The van der Waals surface area contributed by atoms with Crippen molar-refractivity contribution in [3.05, 3.63) is 101 Å². The number of carbonyl (C=O) groups is 2. The first-order valence-electron chi connectivity index (χ1n) is 12.2. The van der Waals surface area contributed by atoms with Crippen molar-refractivity contribution in [3.8, 4) is 11.5 Å². The van der Waals surface area contributed by atoms with E-state index >= 15 is 0 Å². The normalized spacial score (nSPS) is 12.1. The maximum Gasteiger partial charge on any atom is 0.262 e. The van der Waals surface area contributed by atoms with Gasteiger partial charge in [0.1, 0.15) is 11.5 Å². The molecule has 4 rings (SSSR count). The maximum absolute atomic E-state index is 12.5. The van der Waals surface area contributed by atoms with Gasteiger partial charge in [-0.05, 0) is 68.6 Å². The molecule has 38 heavy (non-hydrogen) atoms. The Hall–Kier alpha value is -4.65. The van der Waals surface area contributed by atoms with Gasteiger partial charge in [0.15, 0.2) is 12.5 Å². The van der Waals surface area contributed by atoms with Crippen LogP contribution in [0.4, 0.5) is 5.69 Å². The molecule has 0 fully saturated rings. The predicted octanol–water partition coefficient (Wildman–Crippen LogP) is 3.84. The number of allylic oxidation sites excluding steroid dienone is 1. The third kappa shape index (κ3) is 6.37. The first kappa shape index (κ1) is 26.4. The van der Waals surface area contributed by atoms with Crippen LogP contribution < -0.4 is 20.1 Å². The summed E-state index contributed by atoms with van der Waals surface area (Å²) in [5, 5.41) is 5.61. The van der Waals surface area contributed by atoms with Crippen LogP contribution >= 0.6 is 0 Å². The molecule has 194 valence electrons. The van der Waals surface area contributed by atoms with E-state index in [0.717, 1.165) is 23.2 Å². The summed E-state index contributed by atoms with van der Waals surface area (Å²) >= 11 is 0. The SMILES string of the molecule is Cc1c(OCC(=O)Nc2ccc(C(=O)NCCN(C)C)cc2)ccc2c1OC(=C=O)C=C2c1ccccc1.